The molecule has 2 aliphatic rings. The number of rotatable bonds is 2. The van der Waals surface area contributed by atoms with Gasteiger partial charge in [-0.2, -0.15) is 0 Å². The Morgan fingerprint density at radius 1 is 1.18 bits per heavy atom. The maximum Gasteiger partial charge on any atom is 0.269 e. The van der Waals surface area contributed by atoms with Crippen molar-refractivity contribution in [3.63, 3.8) is 0 Å². The van der Waals surface area contributed by atoms with E-state index >= 15 is 0 Å². The molecule has 2 aromatic carbocycles. The van der Waals surface area contributed by atoms with E-state index < -0.39 is 10.8 Å². The maximum atomic E-state index is 13.2. The number of Topliss-reactive ketones (excluding diaryl/α,β-unsaturated/α-hetero) is 1. The Bertz CT molecular complexity index is 1010. The highest BCUT2D eigenvalue weighted by Gasteiger charge is 2.44. The van der Waals surface area contributed by atoms with Crippen LogP contribution in [0.25, 0.3) is 0 Å². The van der Waals surface area contributed by atoms with E-state index in [9.17, 15) is 14.9 Å². The molecule has 144 valence electrons. The van der Waals surface area contributed by atoms with E-state index in [4.69, 9.17) is 4.99 Å². The Morgan fingerprint density at radius 3 is 2.71 bits per heavy atom. The van der Waals surface area contributed by atoms with Gasteiger partial charge in [0.2, 0.25) is 0 Å². The zero-order valence-electron chi connectivity index (χ0n) is 16.2. The molecule has 2 atom stereocenters. The number of aliphatic imine (C=N–C) groups is 1. The van der Waals surface area contributed by atoms with Crippen LogP contribution < -0.4 is 5.32 Å². The first kappa shape index (κ1) is 18.3. The van der Waals surface area contributed by atoms with Gasteiger partial charge < -0.3 is 5.32 Å². The Balaban J connectivity index is 1.88. The van der Waals surface area contributed by atoms with Gasteiger partial charge >= 0.3 is 0 Å². The molecule has 6 heteroatoms. The second-order valence-electron chi connectivity index (χ2n) is 8.56. The standard InChI is InChI=1S/C22H23N3O3/c1-13-7-8-16-17(9-13)24-21(14-5-4-6-15(10-14)25(27)28)20-18(23-16)11-22(2,3)12-19(20)26/h4-10,20-21,24H,11-12H2,1-3H3. The normalized spacial score (nSPS) is 23.0. The van der Waals surface area contributed by atoms with Crippen LogP contribution in [-0.4, -0.2) is 16.4 Å². The molecule has 1 aliphatic carbocycles. The van der Waals surface area contributed by atoms with Crippen LogP contribution in [0.2, 0.25) is 0 Å². The summed E-state index contributed by atoms with van der Waals surface area (Å²) in [4.78, 5) is 28.9. The molecular weight excluding hydrogens is 354 g/mol. The number of nitrogens with zero attached hydrogens (tertiary/aromatic N) is 2. The summed E-state index contributed by atoms with van der Waals surface area (Å²) in [5.41, 5.74) is 4.21. The van der Waals surface area contributed by atoms with Crippen LogP contribution in [0.15, 0.2) is 47.5 Å². The first-order valence-electron chi connectivity index (χ1n) is 9.45. The van der Waals surface area contributed by atoms with Crippen molar-refractivity contribution >= 4 is 28.6 Å². The minimum Gasteiger partial charge on any atom is -0.375 e. The van der Waals surface area contributed by atoms with Crippen LogP contribution in [-0.2, 0) is 4.79 Å². The fraction of sp³-hybridized carbons (Fsp3) is 0.364. The molecule has 1 aliphatic heterocycles. The average molecular weight is 377 g/mol. The van der Waals surface area contributed by atoms with Gasteiger partial charge in [-0.05, 0) is 42.0 Å². The minimum absolute atomic E-state index is 0.0232. The monoisotopic (exact) mass is 377 g/mol. The van der Waals surface area contributed by atoms with Crippen molar-refractivity contribution in [2.24, 2.45) is 16.3 Å². The van der Waals surface area contributed by atoms with Crippen molar-refractivity contribution < 1.29 is 9.72 Å². The van der Waals surface area contributed by atoms with Crippen molar-refractivity contribution in [3.8, 4) is 0 Å². The van der Waals surface area contributed by atoms with Crippen molar-refractivity contribution in [2.45, 2.75) is 39.7 Å². The van der Waals surface area contributed by atoms with E-state index in [2.05, 4.69) is 19.2 Å². The number of carbonyl (C=O) groups is 1. The number of carbonyl (C=O) groups excluding carboxylic acids is 1. The Labute approximate surface area is 163 Å². The first-order chi connectivity index (χ1) is 13.2. The van der Waals surface area contributed by atoms with Crippen LogP contribution >= 0.6 is 0 Å². The van der Waals surface area contributed by atoms with E-state index in [1.807, 2.05) is 31.2 Å². The maximum absolute atomic E-state index is 13.2. The lowest BCUT2D eigenvalue weighted by Gasteiger charge is -2.37. The van der Waals surface area contributed by atoms with Gasteiger partial charge in [-0.3, -0.25) is 19.9 Å². The Kier molecular flexibility index (Phi) is 4.29. The number of non-ortho nitro benzene ring substituents is 1. The number of nitro groups is 1. The average Bonchev–Trinajstić information content (AvgIpc) is 2.77. The third-order valence-electron chi connectivity index (χ3n) is 5.52. The Hall–Kier alpha value is -3.02. The van der Waals surface area contributed by atoms with E-state index in [-0.39, 0.29) is 22.9 Å². The molecule has 28 heavy (non-hydrogen) atoms. The number of fused-ring (bicyclic) bond motifs is 2. The van der Waals surface area contributed by atoms with Gasteiger partial charge in [-0.1, -0.05) is 32.0 Å². The van der Waals surface area contributed by atoms with Crippen LogP contribution in [0.5, 0.6) is 0 Å². The lowest BCUT2D eigenvalue weighted by molar-refractivity contribution is -0.384. The molecule has 2 unspecified atom stereocenters. The van der Waals surface area contributed by atoms with Gasteiger partial charge in [0.25, 0.3) is 5.69 Å². The van der Waals surface area contributed by atoms with Crippen LogP contribution in [0, 0.1) is 28.4 Å². The summed E-state index contributed by atoms with van der Waals surface area (Å²) >= 11 is 0. The third kappa shape index (κ3) is 3.30. The minimum atomic E-state index is -0.428. The molecule has 0 saturated heterocycles. The van der Waals surface area contributed by atoms with E-state index in [1.54, 1.807) is 12.1 Å². The molecule has 1 N–H and O–H groups in total. The SMILES string of the molecule is Cc1ccc2c(c1)NC(c1cccc([N+](=O)[O-])c1)C1C(=O)CC(C)(C)CC1=N2. The topological polar surface area (TPSA) is 84.6 Å². The number of ketones is 1. The van der Waals surface area contributed by atoms with Gasteiger partial charge in [-0.25, -0.2) is 0 Å². The first-order valence-corrected chi connectivity index (χ1v) is 9.45. The molecule has 0 bridgehead atoms. The summed E-state index contributed by atoms with van der Waals surface area (Å²) in [5, 5.41) is 14.8. The molecule has 0 spiro atoms. The zero-order chi connectivity index (χ0) is 20.1. The van der Waals surface area contributed by atoms with E-state index in [1.165, 1.54) is 6.07 Å². The number of nitrogens with one attached hydrogen (secondary N) is 1. The second-order valence-corrected chi connectivity index (χ2v) is 8.56. The highest BCUT2D eigenvalue weighted by molar-refractivity contribution is 6.10. The summed E-state index contributed by atoms with van der Waals surface area (Å²) in [7, 11) is 0. The number of anilines is 1. The molecule has 0 amide bonds. The molecule has 1 fully saturated rings. The fourth-order valence-electron chi connectivity index (χ4n) is 4.29. The number of aryl methyl sites for hydroxylation is 1. The summed E-state index contributed by atoms with van der Waals surface area (Å²) in [6, 6.07) is 12.1. The zero-order valence-corrected chi connectivity index (χ0v) is 16.2. The fourth-order valence-corrected chi connectivity index (χ4v) is 4.29. The van der Waals surface area contributed by atoms with Gasteiger partial charge in [0.15, 0.2) is 0 Å². The van der Waals surface area contributed by atoms with Gasteiger partial charge in [0.1, 0.15) is 5.78 Å². The largest absolute Gasteiger partial charge is 0.375 e. The van der Waals surface area contributed by atoms with E-state index in [0.717, 1.165) is 34.6 Å². The highest BCUT2D eigenvalue weighted by atomic mass is 16.6. The van der Waals surface area contributed by atoms with Crippen molar-refractivity contribution in [3.05, 3.63) is 63.7 Å². The van der Waals surface area contributed by atoms with Crippen molar-refractivity contribution in [2.75, 3.05) is 5.32 Å². The van der Waals surface area contributed by atoms with Gasteiger partial charge in [0.05, 0.1) is 28.3 Å². The number of benzene rings is 2. The lowest BCUT2D eigenvalue weighted by Crippen LogP contribution is -2.42. The molecule has 4 rings (SSSR count). The predicted octanol–water partition coefficient (Wildman–Crippen LogP) is 5.15. The molecular formula is C22H23N3O3. The summed E-state index contributed by atoms with van der Waals surface area (Å²) in [6.45, 7) is 6.17. The third-order valence-corrected chi connectivity index (χ3v) is 5.52. The predicted molar refractivity (Wildman–Crippen MR) is 109 cm³/mol. The molecule has 2 aromatic rings. The van der Waals surface area contributed by atoms with Gasteiger partial charge in [0, 0.05) is 24.3 Å². The molecule has 0 radical (unpaired) electrons. The Morgan fingerprint density at radius 2 is 1.96 bits per heavy atom. The number of nitro benzene ring substituents is 1. The molecule has 6 nitrogen and oxygen atoms in total. The summed E-state index contributed by atoms with van der Waals surface area (Å²) in [6.07, 6.45) is 1.20. The van der Waals surface area contributed by atoms with Crippen LogP contribution in [0.3, 0.4) is 0 Å². The quantitative estimate of drug-likeness (QED) is 0.579. The summed E-state index contributed by atoms with van der Waals surface area (Å²) in [5.74, 6) is -0.300. The molecule has 0 aromatic heterocycles. The lowest BCUT2D eigenvalue weighted by atomic mass is 9.68. The van der Waals surface area contributed by atoms with Gasteiger partial charge in [-0.15, -0.1) is 0 Å². The number of hydrogen-bond acceptors (Lipinski definition) is 5. The van der Waals surface area contributed by atoms with Crippen molar-refractivity contribution in [1.82, 2.24) is 0 Å². The summed E-state index contributed by atoms with van der Waals surface area (Å²) < 4.78 is 0. The second kappa shape index (κ2) is 6.55. The van der Waals surface area contributed by atoms with Crippen LogP contribution in [0.1, 0.15) is 43.9 Å². The number of hydrogen-bond donors (Lipinski definition) is 1. The van der Waals surface area contributed by atoms with Crippen molar-refractivity contribution in [1.29, 1.82) is 0 Å². The van der Waals surface area contributed by atoms with Crippen LogP contribution in [0.4, 0.5) is 17.1 Å². The smallest absolute Gasteiger partial charge is 0.269 e. The molecule has 1 heterocycles. The van der Waals surface area contributed by atoms with E-state index in [0.29, 0.717) is 6.42 Å². The molecule has 1 saturated carbocycles. The highest BCUT2D eigenvalue weighted by Crippen LogP contribution is 2.45.